The molecule has 182 valence electrons. The van der Waals surface area contributed by atoms with Crippen molar-refractivity contribution in [1.82, 2.24) is 14.3 Å². The Hall–Kier alpha value is -3.09. The lowest BCUT2D eigenvalue weighted by molar-refractivity contribution is 0.434. The molecule has 5 N–H and O–H groups in total. The minimum Gasteiger partial charge on any atom is -0.504 e. The van der Waals surface area contributed by atoms with Crippen LogP contribution in [0, 0.1) is 0 Å². The van der Waals surface area contributed by atoms with E-state index in [1.807, 2.05) is 30.3 Å². The monoisotopic (exact) mass is 503 g/mol. The lowest BCUT2D eigenvalue weighted by Gasteiger charge is -2.20. The average molecular weight is 504 g/mol. The van der Waals surface area contributed by atoms with Crippen molar-refractivity contribution in [3.63, 3.8) is 0 Å². The molecule has 0 saturated heterocycles. The standard InChI is InChI=1S/C22H29N7O3S2/c1-4-15(14-10-8-7-9-11-14)25-20-21(28-19-18(27-20)23-13-24-19)26-16-12-33-22(17(16)30)34(31,32)29(5-2)6-3/h7-12,15,30H,4-6,13H2,1-3H3,(H2,23,25,27)(H2,24,26,28)/t15-/m1/s1. The highest BCUT2D eigenvalue weighted by molar-refractivity contribution is 7.91. The molecule has 10 nitrogen and oxygen atoms in total. The minimum atomic E-state index is -3.79. The van der Waals surface area contributed by atoms with E-state index < -0.39 is 10.0 Å². The molecule has 1 atom stereocenters. The molecule has 0 fully saturated rings. The van der Waals surface area contributed by atoms with Gasteiger partial charge in [0.05, 0.1) is 18.4 Å². The summed E-state index contributed by atoms with van der Waals surface area (Å²) in [5, 5.41) is 25.2. The van der Waals surface area contributed by atoms with Crippen LogP contribution in [0.3, 0.4) is 0 Å². The molecule has 1 aromatic carbocycles. The zero-order chi connectivity index (χ0) is 24.3. The van der Waals surface area contributed by atoms with Crippen molar-refractivity contribution in [2.24, 2.45) is 0 Å². The molecule has 0 amide bonds. The van der Waals surface area contributed by atoms with E-state index in [1.165, 1.54) is 4.31 Å². The second-order valence-corrected chi connectivity index (χ2v) is 10.7. The van der Waals surface area contributed by atoms with E-state index in [0.29, 0.717) is 43.0 Å². The number of rotatable bonds is 10. The Morgan fingerprint density at radius 3 is 2.35 bits per heavy atom. The van der Waals surface area contributed by atoms with Crippen LogP contribution in [0.4, 0.5) is 29.0 Å². The fourth-order valence-corrected chi connectivity index (χ4v) is 6.60. The van der Waals surface area contributed by atoms with Crippen LogP contribution < -0.4 is 21.3 Å². The summed E-state index contributed by atoms with van der Waals surface area (Å²) in [6.45, 7) is 6.75. The van der Waals surface area contributed by atoms with E-state index in [4.69, 9.17) is 0 Å². The van der Waals surface area contributed by atoms with Crippen molar-refractivity contribution in [2.45, 2.75) is 37.4 Å². The van der Waals surface area contributed by atoms with Crippen LogP contribution in [0.5, 0.6) is 5.75 Å². The third kappa shape index (κ3) is 4.61. The second kappa shape index (κ2) is 10.0. The maximum Gasteiger partial charge on any atom is 0.256 e. The summed E-state index contributed by atoms with van der Waals surface area (Å²) in [6, 6.07) is 10.0. The average Bonchev–Trinajstić information content (AvgIpc) is 3.45. The number of nitrogens with zero attached hydrogens (tertiary/aromatic N) is 3. The van der Waals surface area contributed by atoms with Crippen LogP contribution in [0.1, 0.15) is 38.8 Å². The molecular weight excluding hydrogens is 474 g/mol. The normalized spacial score (nSPS) is 13.8. The largest absolute Gasteiger partial charge is 0.504 e. The highest BCUT2D eigenvalue weighted by Crippen LogP contribution is 2.42. The molecule has 4 rings (SSSR count). The Morgan fingerprint density at radius 1 is 1.09 bits per heavy atom. The van der Waals surface area contributed by atoms with Gasteiger partial charge in [0.15, 0.2) is 33.2 Å². The number of fused-ring (bicyclic) bond motifs is 1. The van der Waals surface area contributed by atoms with Crippen molar-refractivity contribution in [3.8, 4) is 5.75 Å². The highest BCUT2D eigenvalue weighted by Gasteiger charge is 2.29. The first-order valence-corrected chi connectivity index (χ1v) is 13.5. The number of nitrogens with one attached hydrogen (secondary N) is 4. The zero-order valence-electron chi connectivity index (χ0n) is 19.3. The van der Waals surface area contributed by atoms with Gasteiger partial charge in [-0.1, -0.05) is 51.1 Å². The predicted octanol–water partition coefficient (Wildman–Crippen LogP) is 4.38. The number of aromatic nitrogens is 2. The molecular formula is C22H29N7O3S2. The van der Waals surface area contributed by atoms with Crippen molar-refractivity contribution < 1.29 is 13.5 Å². The van der Waals surface area contributed by atoms with Gasteiger partial charge in [0, 0.05) is 18.5 Å². The van der Waals surface area contributed by atoms with Crippen molar-refractivity contribution in [2.75, 3.05) is 41.0 Å². The first kappa shape index (κ1) is 24.0. The third-order valence-corrected chi connectivity index (χ3v) is 9.13. The Morgan fingerprint density at radius 2 is 1.74 bits per heavy atom. The Labute approximate surface area is 203 Å². The lowest BCUT2D eigenvalue weighted by Crippen LogP contribution is -2.30. The number of benzene rings is 1. The van der Waals surface area contributed by atoms with Gasteiger partial charge in [-0.05, 0) is 12.0 Å². The molecule has 0 radical (unpaired) electrons. The molecule has 2 aromatic heterocycles. The smallest absolute Gasteiger partial charge is 0.256 e. The van der Waals surface area contributed by atoms with Crippen molar-refractivity contribution in [1.29, 1.82) is 0 Å². The van der Waals surface area contributed by atoms with Crippen LogP contribution >= 0.6 is 11.3 Å². The third-order valence-electron chi connectivity index (χ3n) is 5.59. The number of aromatic hydroxyl groups is 1. The molecule has 0 bridgehead atoms. The number of anilines is 5. The highest BCUT2D eigenvalue weighted by atomic mass is 32.2. The van der Waals surface area contributed by atoms with Crippen molar-refractivity contribution >= 4 is 50.3 Å². The first-order valence-electron chi connectivity index (χ1n) is 11.2. The van der Waals surface area contributed by atoms with Gasteiger partial charge in [0.2, 0.25) is 0 Å². The maximum atomic E-state index is 12.9. The summed E-state index contributed by atoms with van der Waals surface area (Å²) >= 11 is 0.969. The van der Waals surface area contributed by atoms with Crippen molar-refractivity contribution in [3.05, 3.63) is 41.3 Å². The maximum absolute atomic E-state index is 12.9. The SMILES string of the molecule is CC[C@@H](Nc1nc2c(nc1Nc1csc(S(=O)(=O)N(CC)CC)c1O)NCN2)c1ccccc1. The van der Waals surface area contributed by atoms with Gasteiger partial charge >= 0.3 is 0 Å². The van der Waals surface area contributed by atoms with Gasteiger partial charge in [0.25, 0.3) is 10.0 Å². The van der Waals surface area contributed by atoms with Gasteiger partial charge in [-0.3, -0.25) is 0 Å². The van der Waals surface area contributed by atoms with Gasteiger partial charge in [-0.15, -0.1) is 11.3 Å². The fourth-order valence-electron chi connectivity index (χ4n) is 3.77. The van der Waals surface area contributed by atoms with E-state index in [1.54, 1.807) is 19.2 Å². The van der Waals surface area contributed by atoms with Crippen LogP contribution in [-0.2, 0) is 10.0 Å². The lowest BCUT2D eigenvalue weighted by atomic mass is 10.0. The topological polar surface area (TPSA) is 132 Å². The molecule has 1 aliphatic rings. The molecule has 3 heterocycles. The Kier molecular flexibility index (Phi) is 7.10. The summed E-state index contributed by atoms with van der Waals surface area (Å²) in [6.07, 6.45) is 0.809. The van der Waals surface area contributed by atoms with Crippen LogP contribution in [0.2, 0.25) is 0 Å². The number of hydrogen-bond donors (Lipinski definition) is 5. The summed E-state index contributed by atoms with van der Waals surface area (Å²) < 4.78 is 27.1. The first-order chi connectivity index (χ1) is 16.4. The molecule has 0 unspecified atom stereocenters. The van der Waals surface area contributed by atoms with E-state index in [2.05, 4.69) is 38.2 Å². The molecule has 0 spiro atoms. The number of sulfonamides is 1. The summed E-state index contributed by atoms with van der Waals surface area (Å²) in [5.74, 6) is 1.74. The Balaban J connectivity index is 1.68. The minimum absolute atomic E-state index is 0.0156. The molecule has 1 aliphatic heterocycles. The molecule has 34 heavy (non-hydrogen) atoms. The second-order valence-electron chi connectivity index (χ2n) is 7.66. The van der Waals surface area contributed by atoms with E-state index in [-0.39, 0.29) is 21.7 Å². The molecule has 12 heteroatoms. The van der Waals surface area contributed by atoms with E-state index in [9.17, 15) is 13.5 Å². The van der Waals surface area contributed by atoms with Gasteiger partial charge < -0.3 is 26.4 Å². The summed E-state index contributed by atoms with van der Waals surface area (Å²) in [7, 11) is -3.79. The number of hydrogen-bond acceptors (Lipinski definition) is 10. The quantitative estimate of drug-likeness (QED) is 0.273. The summed E-state index contributed by atoms with van der Waals surface area (Å²) in [5.41, 5.74) is 1.36. The zero-order valence-corrected chi connectivity index (χ0v) is 20.9. The number of thiophene rings is 1. The molecule has 0 saturated carbocycles. The van der Waals surface area contributed by atoms with Gasteiger partial charge in [-0.25, -0.2) is 18.4 Å². The fraction of sp³-hybridized carbons (Fsp3) is 0.364. The van der Waals surface area contributed by atoms with Crippen LogP contribution in [0.25, 0.3) is 0 Å². The molecule has 3 aromatic rings. The predicted molar refractivity (Wildman–Crippen MR) is 137 cm³/mol. The Bertz CT molecular complexity index is 1240. The van der Waals surface area contributed by atoms with E-state index in [0.717, 1.165) is 23.3 Å². The van der Waals surface area contributed by atoms with Crippen LogP contribution in [-0.4, -0.2) is 47.6 Å². The molecule has 0 aliphatic carbocycles. The van der Waals surface area contributed by atoms with Gasteiger partial charge in [0.1, 0.15) is 0 Å². The van der Waals surface area contributed by atoms with Crippen LogP contribution in [0.15, 0.2) is 39.9 Å². The van der Waals surface area contributed by atoms with E-state index >= 15 is 0 Å². The van der Waals surface area contributed by atoms with Gasteiger partial charge in [-0.2, -0.15) is 4.31 Å². The summed E-state index contributed by atoms with van der Waals surface area (Å²) in [4.78, 5) is 9.32.